The van der Waals surface area contributed by atoms with Crippen LogP contribution < -0.4 is 5.32 Å². The molecule has 15 heavy (non-hydrogen) atoms. The van der Waals surface area contributed by atoms with E-state index in [1.807, 2.05) is 6.92 Å². The Morgan fingerprint density at radius 2 is 2.20 bits per heavy atom. The summed E-state index contributed by atoms with van der Waals surface area (Å²) < 4.78 is 0. The lowest BCUT2D eigenvalue weighted by Gasteiger charge is -2.23. The molecule has 0 spiro atoms. The van der Waals surface area contributed by atoms with Gasteiger partial charge in [-0.1, -0.05) is 0 Å². The summed E-state index contributed by atoms with van der Waals surface area (Å²) in [6, 6.07) is 0.169. The predicted molar refractivity (Wildman–Crippen MR) is 57.5 cm³/mol. The molecule has 1 heterocycles. The van der Waals surface area contributed by atoms with Crippen LogP contribution in [0.15, 0.2) is 0 Å². The number of carbonyl (C=O) groups is 2. The maximum absolute atomic E-state index is 11.7. The Hall–Kier alpha value is -1.26. The first kappa shape index (κ1) is 11.8. The maximum atomic E-state index is 11.7. The van der Waals surface area contributed by atoms with Gasteiger partial charge in [-0.25, -0.2) is 4.79 Å². The summed E-state index contributed by atoms with van der Waals surface area (Å²) in [4.78, 5) is 26.0. The number of rotatable bonds is 2. The molecule has 5 nitrogen and oxygen atoms in total. The SMILES string of the molecule is CCN(C)C(=O)N1CCC(NC(C)=O)C1. The molecule has 5 heteroatoms. The topological polar surface area (TPSA) is 52.7 Å². The van der Waals surface area contributed by atoms with Crippen molar-refractivity contribution in [3.63, 3.8) is 0 Å². The molecule has 0 saturated carbocycles. The van der Waals surface area contributed by atoms with Crippen LogP contribution in [0.2, 0.25) is 0 Å². The van der Waals surface area contributed by atoms with Crippen LogP contribution in [0.3, 0.4) is 0 Å². The number of carbonyl (C=O) groups excluding carboxylic acids is 2. The van der Waals surface area contributed by atoms with E-state index in [-0.39, 0.29) is 18.0 Å². The number of nitrogens with zero attached hydrogens (tertiary/aromatic N) is 2. The third kappa shape index (κ3) is 3.11. The number of nitrogens with one attached hydrogen (secondary N) is 1. The second-order valence-corrected chi connectivity index (χ2v) is 3.93. The lowest BCUT2D eigenvalue weighted by molar-refractivity contribution is -0.119. The van der Waals surface area contributed by atoms with Crippen LogP contribution in [0.5, 0.6) is 0 Å². The number of likely N-dealkylation sites (tertiary alicyclic amines) is 1. The van der Waals surface area contributed by atoms with E-state index in [1.54, 1.807) is 16.8 Å². The van der Waals surface area contributed by atoms with Gasteiger partial charge in [0.2, 0.25) is 5.91 Å². The molecule has 1 aliphatic heterocycles. The van der Waals surface area contributed by atoms with Crippen LogP contribution in [0.1, 0.15) is 20.3 Å². The van der Waals surface area contributed by atoms with Crippen LogP contribution in [0.25, 0.3) is 0 Å². The van der Waals surface area contributed by atoms with Gasteiger partial charge in [0.15, 0.2) is 0 Å². The number of hydrogen-bond donors (Lipinski definition) is 1. The van der Waals surface area contributed by atoms with Gasteiger partial charge in [0.05, 0.1) is 0 Å². The third-order valence-electron chi connectivity index (χ3n) is 2.67. The Bertz CT molecular complexity index is 255. The van der Waals surface area contributed by atoms with E-state index in [9.17, 15) is 9.59 Å². The summed E-state index contributed by atoms with van der Waals surface area (Å²) in [6.07, 6.45) is 0.850. The molecular weight excluding hydrogens is 194 g/mol. The van der Waals surface area contributed by atoms with Crippen LogP contribution in [-0.2, 0) is 4.79 Å². The van der Waals surface area contributed by atoms with Crippen LogP contribution >= 0.6 is 0 Å². The Kier molecular flexibility index (Phi) is 3.94. The highest BCUT2D eigenvalue weighted by molar-refractivity contribution is 5.75. The zero-order valence-electron chi connectivity index (χ0n) is 9.62. The van der Waals surface area contributed by atoms with Crippen molar-refractivity contribution in [2.45, 2.75) is 26.3 Å². The van der Waals surface area contributed by atoms with Gasteiger partial charge in [-0.05, 0) is 13.3 Å². The maximum Gasteiger partial charge on any atom is 0.319 e. The van der Waals surface area contributed by atoms with E-state index in [4.69, 9.17) is 0 Å². The van der Waals surface area contributed by atoms with Crippen LogP contribution in [0, 0.1) is 0 Å². The zero-order chi connectivity index (χ0) is 11.4. The molecule has 1 saturated heterocycles. The fourth-order valence-electron chi connectivity index (χ4n) is 1.72. The van der Waals surface area contributed by atoms with Crippen molar-refractivity contribution < 1.29 is 9.59 Å². The monoisotopic (exact) mass is 213 g/mol. The lowest BCUT2D eigenvalue weighted by atomic mass is 10.3. The van der Waals surface area contributed by atoms with Gasteiger partial charge < -0.3 is 15.1 Å². The predicted octanol–water partition coefficient (Wildman–Crippen LogP) is 0.269. The first-order valence-electron chi connectivity index (χ1n) is 5.31. The third-order valence-corrected chi connectivity index (χ3v) is 2.67. The standard InChI is InChI=1S/C10H19N3O2/c1-4-12(3)10(15)13-6-5-9(7-13)11-8(2)14/h9H,4-7H2,1-3H3,(H,11,14). The summed E-state index contributed by atoms with van der Waals surface area (Å²) in [5, 5.41) is 2.83. The molecule has 1 fully saturated rings. The van der Waals surface area contributed by atoms with Gasteiger partial charge in [-0.15, -0.1) is 0 Å². The van der Waals surface area contributed by atoms with Gasteiger partial charge in [0.1, 0.15) is 0 Å². The lowest BCUT2D eigenvalue weighted by Crippen LogP contribution is -2.42. The summed E-state index contributed by atoms with van der Waals surface area (Å²) in [5.74, 6) is -0.0295. The Morgan fingerprint density at radius 1 is 1.53 bits per heavy atom. The molecule has 0 aromatic rings. The van der Waals surface area contributed by atoms with Crippen molar-refractivity contribution in [2.24, 2.45) is 0 Å². The van der Waals surface area contributed by atoms with Crippen molar-refractivity contribution >= 4 is 11.9 Å². The van der Waals surface area contributed by atoms with Crippen molar-refractivity contribution in [1.29, 1.82) is 0 Å². The number of hydrogen-bond acceptors (Lipinski definition) is 2. The summed E-state index contributed by atoms with van der Waals surface area (Å²) >= 11 is 0. The van der Waals surface area contributed by atoms with Crippen LogP contribution in [-0.4, -0.2) is 54.5 Å². The van der Waals surface area contributed by atoms with Crippen molar-refractivity contribution in [3.05, 3.63) is 0 Å². The fourth-order valence-corrected chi connectivity index (χ4v) is 1.72. The van der Waals surface area contributed by atoms with Crippen molar-refractivity contribution in [3.8, 4) is 0 Å². The highest BCUT2D eigenvalue weighted by Gasteiger charge is 2.27. The van der Waals surface area contributed by atoms with E-state index in [1.165, 1.54) is 6.92 Å². The second kappa shape index (κ2) is 5.00. The van der Waals surface area contributed by atoms with E-state index < -0.39 is 0 Å². The largest absolute Gasteiger partial charge is 0.352 e. The van der Waals surface area contributed by atoms with Gasteiger partial charge >= 0.3 is 6.03 Å². The van der Waals surface area contributed by atoms with E-state index in [2.05, 4.69) is 5.32 Å². The average molecular weight is 213 g/mol. The van der Waals surface area contributed by atoms with Crippen molar-refractivity contribution in [2.75, 3.05) is 26.7 Å². The molecule has 0 bridgehead atoms. The first-order valence-corrected chi connectivity index (χ1v) is 5.31. The highest BCUT2D eigenvalue weighted by atomic mass is 16.2. The molecule has 1 unspecified atom stereocenters. The minimum Gasteiger partial charge on any atom is -0.352 e. The van der Waals surface area contributed by atoms with Crippen molar-refractivity contribution in [1.82, 2.24) is 15.1 Å². The normalized spacial score (nSPS) is 20.2. The summed E-state index contributed by atoms with van der Waals surface area (Å²) in [5.41, 5.74) is 0. The molecule has 1 N–H and O–H groups in total. The second-order valence-electron chi connectivity index (χ2n) is 3.93. The summed E-state index contributed by atoms with van der Waals surface area (Å²) in [7, 11) is 1.79. The summed E-state index contributed by atoms with van der Waals surface area (Å²) in [6.45, 7) is 5.51. The molecule has 86 valence electrons. The molecule has 1 rings (SSSR count). The Morgan fingerprint density at radius 3 is 2.73 bits per heavy atom. The van der Waals surface area contributed by atoms with E-state index in [0.29, 0.717) is 13.1 Å². The quantitative estimate of drug-likeness (QED) is 0.715. The Labute approximate surface area is 90.4 Å². The van der Waals surface area contributed by atoms with Gasteiger partial charge in [0, 0.05) is 39.6 Å². The Balaban J connectivity index is 2.42. The number of amides is 3. The fraction of sp³-hybridized carbons (Fsp3) is 0.800. The van der Waals surface area contributed by atoms with Crippen LogP contribution in [0.4, 0.5) is 4.79 Å². The molecule has 3 amide bonds. The van der Waals surface area contributed by atoms with Gasteiger partial charge in [0.25, 0.3) is 0 Å². The van der Waals surface area contributed by atoms with E-state index >= 15 is 0 Å². The molecule has 0 radical (unpaired) electrons. The minimum atomic E-state index is -0.0295. The first-order chi connectivity index (χ1) is 7.04. The zero-order valence-corrected chi connectivity index (χ0v) is 9.62. The molecular formula is C10H19N3O2. The average Bonchev–Trinajstić information content (AvgIpc) is 2.63. The van der Waals surface area contributed by atoms with Gasteiger partial charge in [-0.3, -0.25) is 4.79 Å². The minimum absolute atomic E-state index is 0.0295. The van der Waals surface area contributed by atoms with Gasteiger partial charge in [-0.2, -0.15) is 0 Å². The molecule has 0 aromatic carbocycles. The molecule has 1 aliphatic rings. The molecule has 0 aliphatic carbocycles. The highest BCUT2D eigenvalue weighted by Crippen LogP contribution is 2.10. The molecule has 1 atom stereocenters. The smallest absolute Gasteiger partial charge is 0.319 e. The van der Waals surface area contributed by atoms with E-state index in [0.717, 1.165) is 13.0 Å². The molecule has 0 aromatic heterocycles. The number of urea groups is 1.